The lowest BCUT2D eigenvalue weighted by molar-refractivity contribution is -0.134. The van der Waals surface area contributed by atoms with E-state index in [2.05, 4.69) is 10.9 Å². The molecule has 1 saturated carbocycles. The molecule has 4 N–H and O–H groups in total. The molecule has 0 radical (unpaired) electrons. The molecule has 0 aromatic rings. The number of rotatable bonds is 2. The Kier molecular flexibility index (Phi) is 3.46. The summed E-state index contributed by atoms with van der Waals surface area (Å²) in [6.45, 7) is 3.53. The van der Waals surface area contributed by atoms with Gasteiger partial charge in [-0.05, 0) is 12.8 Å². The zero-order valence-corrected chi connectivity index (χ0v) is 8.54. The van der Waals surface area contributed by atoms with Gasteiger partial charge in [-0.1, -0.05) is 13.8 Å². The van der Waals surface area contributed by atoms with Crippen LogP contribution >= 0.6 is 0 Å². The summed E-state index contributed by atoms with van der Waals surface area (Å²) in [6, 6.07) is 0.145. The van der Waals surface area contributed by atoms with E-state index in [1.807, 2.05) is 0 Å². The average molecular weight is 199 g/mol. The van der Waals surface area contributed by atoms with Crippen LogP contribution < -0.4 is 16.6 Å². The molecule has 0 aliphatic heterocycles. The summed E-state index contributed by atoms with van der Waals surface area (Å²) in [5.41, 5.74) is 10.3. The predicted molar refractivity (Wildman–Crippen MR) is 51.8 cm³/mol. The highest BCUT2D eigenvalue weighted by atomic mass is 16.2. The van der Waals surface area contributed by atoms with Crippen LogP contribution in [0.4, 0.5) is 0 Å². The summed E-state index contributed by atoms with van der Waals surface area (Å²) in [5.74, 6) is -0.473. The van der Waals surface area contributed by atoms with E-state index in [0.29, 0.717) is 12.8 Å². The topological polar surface area (TPSA) is 84.2 Å². The molecule has 1 aliphatic rings. The molecule has 0 unspecified atom stereocenters. The van der Waals surface area contributed by atoms with Crippen molar-refractivity contribution >= 4 is 11.8 Å². The Morgan fingerprint density at radius 2 is 1.86 bits per heavy atom. The minimum Gasteiger partial charge on any atom is -0.328 e. The van der Waals surface area contributed by atoms with Crippen LogP contribution in [0.1, 0.15) is 26.7 Å². The van der Waals surface area contributed by atoms with Gasteiger partial charge in [0, 0.05) is 17.9 Å². The third-order valence-corrected chi connectivity index (χ3v) is 2.38. The quantitative estimate of drug-likeness (QED) is 0.525. The molecular formula is C9H17N3O2. The Hall–Kier alpha value is -1.10. The van der Waals surface area contributed by atoms with E-state index < -0.39 is 0 Å². The highest BCUT2D eigenvalue weighted by Gasteiger charge is 2.32. The maximum absolute atomic E-state index is 11.3. The van der Waals surface area contributed by atoms with Gasteiger partial charge in [-0.3, -0.25) is 20.4 Å². The van der Waals surface area contributed by atoms with Crippen molar-refractivity contribution in [2.45, 2.75) is 32.7 Å². The van der Waals surface area contributed by atoms with Crippen molar-refractivity contribution in [2.24, 2.45) is 17.6 Å². The average Bonchev–Trinajstić information content (AvgIpc) is 2.08. The Labute approximate surface area is 83.4 Å². The molecule has 14 heavy (non-hydrogen) atoms. The van der Waals surface area contributed by atoms with Crippen LogP contribution in [0.2, 0.25) is 0 Å². The predicted octanol–water partition coefficient (Wildman–Crippen LogP) is -0.473. The maximum Gasteiger partial charge on any atom is 0.241 e. The normalized spacial score (nSPS) is 25.4. The van der Waals surface area contributed by atoms with Gasteiger partial charge in [0.05, 0.1) is 0 Å². The highest BCUT2D eigenvalue weighted by Crippen LogP contribution is 2.25. The molecule has 0 aromatic carbocycles. The number of hydrogen-bond donors (Lipinski definition) is 3. The van der Waals surface area contributed by atoms with Gasteiger partial charge in [-0.25, -0.2) is 0 Å². The Balaban J connectivity index is 2.19. The van der Waals surface area contributed by atoms with E-state index >= 15 is 0 Å². The molecular weight excluding hydrogens is 182 g/mol. The van der Waals surface area contributed by atoms with Gasteiger partial charge in [0.1, 0.15) is 0 Å². The van der Waals surface area contributed by atoms with E-state index in [1.165, 1.54) is 0 Å². The summed E-state index contributed by atoms with van der Waals surface area (Å²) in [7, 11) is 0. The second-order valence-corrected chi connectivity index (χ2v) is 4.06. The molecule has 80 valence electrons. The Morgan fingerprint density at radius 1 is 1.29 bits per heavy atom. The van der Waals surface area contributed by atoms with E-state index in [9.17, 15) is 9.59 Å². The third kappa shape index (κ3) is 2.70. The van der Waals surface area contributed by atoms with E-state index in [-0.39, 0.29) is 29.7 Å². The molecule has 5 nitrogen and oxygen atoms in total. The van der Waals surface area contributed by atoms with Crippen LogP contribution in [0.5, 0.6) is 0 Å². The fraction of sp³-hybridized carbons (Fsp3) is 0.778. The molecule has 1 fully saturated rings. The molecule has 2 amide bonds. The Morgan fingerprint density at radius 3 is 2.29 bits per heavy atom. The lowest BCUT2D eigenvalue weighted by Gasteiger charge is -2.31. The zero-order valence-electron chi connectivity index (χ0n) is 8.54. The molecule has 1 rings (SSSR count). The number of hydrazine groups is 1. The first kappa shape index (κ1) is 11.0. The molecule has 0 saturated heterocycles. The summed E-state index contributed by atoms with van der Waals surface area (Å²) in [5, 5.41) is 0. The highest BCUT2D eigenvalue weighted by molar-refractivity contribution is 5.84. The van der Waals surface area contributed by atoms with Crippen LogP contribution in [0.25, 0.3) is 0 Å². The van der Waals surface area contributed by atoms with Gasteiger partial charge < -0.3 is 5.73 Å². The zero-order chi connectivity index (χ0) is 10.7. The van der Waals surface area contributed by atoms with Crippen molar-refractivity contribution in [1.82, 2.24) is 10.9 Å². The van der Waals surface area contributed by atoms with Gasteiger partial charge in [-0.15, -0.1) is 0 Å². The molecule has 0 bridgehead atoms. The first-order chi connectivity index (χ1) is 6.50. The van der Waals surface area contributed by atoms with E-state index in [1.54, 1.807) is 13.8 Å². The van der Waals surface area contributed by atoms with Crippen molar-refractivity contribution in [3.05, 3.63) is 0 Å². The van der Waals surface area contributed by atoms with Crippen molar-refractivity contribution in [3.63, 3.8) is 0 Å². The lowest BCUT2D eigenvalue weighted by atomic mass is 9.80. The number of carbonyl (C=O) groups is 2. The van der Waals surface area contributed by atoms with Crippen LogP contribution in [-0.4, -0.2) is 17.9 Å². The van der Waals surface area contributed by atoms with Gasteiger partial charge in [0.25, 0.3) is 0 Å². The fourth-order valence-electron chi connectivity index (χ4n) is 1.25. The molecule has 0 heterocycles. The second-order valence-electron chi connectivity index (χ2n) is 4.06. The van der Waals surface area contributed by atoms with Gasteiger partial charge in [0.2, 0.25) is 11.8 Å². The summed E-state index contributed by atoms with van der Waals surface area (Å²) in [4.78, 5) is 22.4. The van der Waals surface area contributed by atoms with Crippen molar-refractivity contribution in [1.29, 1.82) is 0 Å². The largest absolute Gasteiger partial charge is 0.328 e. The number of amides is 2. The third-order valence-electron chi connectivity index (χ3n) is 2.38. The number of nitrogens with one attached hydrogen (secondary N) is 2. The van der Waals surface area contributed by atoms with Crippen molar-refractivity contribution in [2.75, 3.05) is 0 Å². The summed E-state index contributed by atoms with van der Waals surface area (Å²) in [6.07, 6.45) is 1.42. The lowest BCUT2D eigenvalue weighted by Crippen LogP contribution is -2.51. The minimum atomic E-state index is -0.179. The smallest absolute Gasteiger partial charge is 0.241 e. The second kappa shape index (κ2) is 4.41. The van der Waals surface area contributed by atoms with Gasteiger partial charge >= 0.3 is 0 Å². The van der Waals surface area contributed by atoms with Crippen LogP contribution in [0.3, 0.4) is 0 Å². The van der Waals surface area contributed by atoms with Crippen LogP contribution in [0, 0.1) is 11.8 Å². The summed E-state index contributed by atoms with van der Waals surface area (Å²) < 4.78 is 0. The molecule has 1 aliphatic carbocycles. The Bertz CT molecular complexity index is 234. The molecule has 0 atom stereocenters. The molecule has 0 aromatic heterocycles. The van der Waals surface area contributed by atoms with Gasteiger partial charge in [-0.2, -0.15) is 0 Å². The van der Waals surface area contributed by atoms with Crippen molar-refractivity contribution < 1.29 is 9.59 Å². The summed E-state index contributed by atoms with van der Waals surface area (Å²) >= 11 is 0. The first-order valence-electron chi connectivity index (χ1n) is 4.86. The van der Waals surface area contributed by atoms with Gasteiger partial charge in [0.15, 0.2) is 0 Å². The maximum atomic E-state index is 11.3. The standard InChI is InChI=1S/C9H17N3O2/c1-5(2)8(13)11-12-9(14)6-3-7(10)4-6/h5-7H,3-4,10H2,1-2H3,(H,11,13)(H,12,14). The van der Waals surface area contributed by atoms with E-state index in [4.69, 9.17) is 5.73 Å². The van der Waals surface area contributed by atoms with Crippen LogP contribution in [0.15, 0.2) is 0 Å². The van der Waals surface area contributed by atoms with E-state index in [0.717, 1.165) is 0 Å². The minimum absolute atomic E-state index is 0.0301. The SMILES string of the molecule is CC(C)C(=O)NNC(=O)C1CC(N)C1. The molecule has 5 heteroatoms. The monoisotopic (exact) mass is 199 g/mol. The molecule has 0 spiro atoms. The number of carbonyl (C=O) groups excluding carboxylic acids is 2. The van der Waals surface area contributed by atoms with Crippen LogP contribution in [-0.2, 0) is 9.59 Å². The number of nitrogens with two attached hydrogens (primary N) is 1. The first-order valence-corrected chi connectivity index (χ1v) is 4.86. The van der Waals surface area contributed by atoms with Crippen molar-refractivity contribution in [3.8, 4) is 0 Å². The number of hydrogen-bond acceptors (Lipinski definition) is 3. The fourth-order valence-corrected chi connectivity index (χ4v) is 1.25.